The molecular weight excluding hydrogens is 539 g/mol. The van der Waals surface area contributed by atoms with Crippen LogP contribution in [0.25, 0.3) is 10.9 Å². The number of aliphatic hydroxyl groups excluding tert-OH is 1. The van der Waals surface area contributed by atoms with Crippen LogP contribution in [-0.4, -0.2) is 58.8 Å². The third kappa shape index (κ3) is 5.35. The predicted molar refractivity (Wildman–Crippen MR) is 152 cm³/mol. The van der Waals surface area contributed by atoms with Gasteiger partial charge in [-0.25, -0.2) is 4.39 Å². The quantitative estimate of drug-likeness (QED) is 0.277. The van der Waals surface area contributed by atoms with E-state index in [0.717, 1.165) is 5.56 Å². The van der Waals surface area contributed by atoms with E-state index < -0.39 is 11.5 Å². The first-order chi connectivity index (χ1) is 20.3. The molecule has 1 aromatic heterocycles. The molecule has 4 aromatic rings. The monoisotopic (exact) mass is 568 g/mol. The van der Waals surface area contributed by atoms with Gasteiger partial charge in [-0.2, -0.15) is 0 Å². The Balaban J connectivity index is 1.16. The number of aromatic nitrogens is 1. The van der Waals surface area contributed by atoms with Gasteiger partial charge < -0.3 is 19.5 Å². The number of carbonyl (C=O) groups is 3. The highest BCUT2D eigenvalue weighted by molar-refractivity contribution is 6.11. The van der Waals surface area contributed by atoms with Gasteiger partial charge in [0, 0.05) is 43.6 Å². The summed E-state index contributed by atoms with van der Waals surface area (Å²) in [5.74, 6) is 0.572. The van der Waals surface area contributed by atoms with Gasteiger partial charge in [-0.15, -0.1) is 0 Å². The van der Waals surface area contributed by atoms with E-state index in [0.29, 0.717) is 52.1 Å². The number of β-amino-alcohol motifs (C(OH)–C–C–N with tert-alkyl or cyclic N) is 1. The molecule has 0 radical (unpaired) electrons. The van der Waals surface area contributed by atoms with Crippen molar-refractivity contribution in [1.82, 2.24) is 9.88 Å². The fraction of sp³-hybridized carbons (Fsp3) is 0.273. The van der Waals surface area contributed by atoms with Gasteiger partial charge in [-0.3, -0.25) is 19.4 Å². The van der Waals surface area contributed by atoms with Crippen molar-refractivity contribution in [2.45, 2.75) is 31.8 Å². The third-order valence-corrected chi connectivity index (χ3v) is 8.01. The Kier molecular flexibility index (Phi) is 7.20. The Morgan fingerprint density at radius 3 is 2.12 bits per heavy atom. The number of hydrogen-bond acceptors (Lipinski definition) is 7. The number of carbonyl (C=O) groups excluding carboxylic acids is 3. The zero-order valence-electron chi connectivity index (χ0n) is 23.0. The Morgan fingerprint density at radius 2 is 1.55 bits per heavy atom. The summed E-state index contributed by atoms with van der Waals surface area (Å²) in [4.78, 5) is 45.1. The van der Waals surface area contributed by atoms with Crippen molar-refractivity contribution in [2.24, 2.45) is 5.41 Å². The number of benzene rings is 3. The van der Waals surface area contributed by atoms with Gasteiger partial charge >= 0.3 is 0 Å². The number of aliphatic hydroxyl groups is 1. The van der Waals surface area contributed by atoms with Crippen molar-refractivity contribution < 1.29 is 33.4 Å². The van der Waals surface area contributed by atoms with Gasteiger partial charge in [0.05, 0.1) is 29.7 Å². The van der Waals surface area contributed by atoms with E-state index in [2.05, 4.69) is 4.98 Å². The lowest BCUT2D eigenvalue weighted by atomic mass is 9.88. The molecule has 1 amide bonds. The Bertz CT molecular complexity index is 1680. The van der Waals surface area contributed by atoms with Gasteiger partial charge in [0.25, 0.3) is 5.91 Å². The van der Waals surface area contributed by atoms with Crippen molar-refractivity contribution >= 4 is 28.4 Å². The first-order valence-corrected chi connectivity index (χ1v) is 13.8. The molecule has 9 heteroatoms. The van der Waals surface area contributed by atoms with Crippen molar-refractivity contribution in [3.8, 4) is 17.2 Å². The second-order valence-corrected chi connectivity index (χ2v) is 10.9. The summed E-state index contributed by atoms with van der Waals surface area (Å²) < 4.78 is 24.8. The molecule has 6 rings (SSSR count). The average molecular weight is 569 g/mol. The number of halogens is 1. The lowest BCUT2D eigenvalue weighted by molar-refractivity contribution is -0.133. The van der Waals surface area contributed by atoms with Gasteiger partial charge in [0.2, 0.25) is 0 Å². The molecule has 2 aliphatic rings. The summed E-state index contributed by atoms with van der Waals surface area (Å²) in [6, 6.07) is 18.0. The fourth-order valence-electron chi connectivity index (χ4n) is 5.32. The fourth-order valence-corrected chi connectivity index (χ4v) is 5.32. The van der Waals surface area contributed by atoms with E-state index in [1.54, 1.807) is 65.7 Å². The number of ether oxygens (including phenoxy) is 2. The zero-order valence-corrected chi connectivity index (χ0v) is 23.0. The summed E-state index contributed by atoms with van der Waals surface area (Å²) in [6.07, 6.45) is 2.40. The highest BCUT2D eigenvalue weighted by Gasteiger charge is 2.54. The highest BCUT2D eigenvalue weighted by Crippen LogP contribution is 2.49. The first-order valence-electron chi connectivity index (χ1n) is 13.8. The minimum Gasteiger partial charge on any atom is -0.496 e. The van der Waals surface area contributed by atoms with Crippen LogP contribution in [0.2, 0.25) is 0 Å². The SMILES string of the molecule is COc1cc2nccc(Oc3ccc(CC(=O)C4(C(=O)Cc5ccc(F)cc5)CC4)cc3)c2cc1C(=O)N1CC(O)C1. The second-order valence-electron chi connectivity index (χ2n) is 10.9. The van der Waals surface area contributed by atoms with Crippen LogP contribution in [0.3, 0.4) is 0 Å². The van der Waals surface area contributed by atoms with E-state index >= 15 is 0 Å². The molecule has 8 nitrogen and oxygen atoms in total. The number of likely N-dealkylation sites (tertiary alicyclic amines) is 1. The minimum absolute atomic E-state index is 0.107. The summed E-state index contributed by atoms with van der Waals surface area (Å²) in [6.45, 7) is 0.545. The average Bonchev–Trinajstić information content (AvgIpc) is 3.79. The van der Waals surface area contributed by atoms with Gasteiger partial charge in [-0.05, 0) is 60.4 Å². The molecule has 0 spiro atoms. The van der Waals surface area contributed by atoms with E-state index in [1.807, 2.05) is 0 Å². The maximum atomic E-state index is 13.2. The molecule has 1 aliphatic heterocycles. The van der Waals surface area contributed by atoms with Gasteiger partial charge in [-0.1, -0.05) is 24.3 Å². The number of ketones is 2. The molecule has 0 atom stereocenters. The highest BCUT2D eigenvalue weighted by atomic mass is 19.1. The third-order valence-electron chi connectivity index (χ3n) is 8.01. The second kappa shape index (κ2) is 11.0. The van der Waals surface area contributed by atoms with Crippen molar-refractivity contribution in [3.05, 3.63) is 95.4 Å². The molecule has 0 unspecified atom stereocenters. The van der Waals surface area contributed by atoms with E-state index in [-0.39, 0.29) is 49.2 Å². The number of rotatable bonds is 10. The van der Waals surface area contributed by atoms with Crippen LogP contribution in [0.1, 0.15) is 34.3 Å². The Labute approximate surface area is 241 Å². The molecule has 1 aliphatic carbocycles. The molecular formula is C33H29FN2O6. The lowest BCUT2D eigenvalue weighted by Crippen LogP contribution is -2.53. The van der Waals surface area contributed by atoms with Crippen LogP contribution in [0.4, 0.5) is 4.39 Å². The van der Waals surface area contributed by atoms with Gasteiger partial charge in [0.15, 0.2) is 11.6 Å². The number of pyridine rings is 1. The maximum Gasteiger partial charge on any atom is 0.257 e. The van der Waals surface area contributed by atoms with Crippen LogP contribution in [0.5, 0.6) is 17.2 Å². The number of Topliss-reactive ketones (excluding diaryl/α,β-unsaturated/α-hetero) is 2. The summed E-state index contributed by atoms with van der Waals surface area (Å²) in [5, 5.41) is 10.2. The number of methoxy groups -OCH3 is 1. The molecule has 42 heavy (non-hydrogen) atoms. The summed E-state index contributed by atoms with van der Waals surface area (Å²) >= 11 is 0. The molecule has 3 aromatic carbocycles. The summed E-state index contributed by atoms with van der Waals surface area (Å²) in [7, 11) is 1.49. The predicted octanol–water partition coefficient (Wildman–Crippen LogP) is 4.70. The van der Waals surface area contributed by atoms with Crippen LogP contribution in [-0.2, 0) is 22.4 Å². The zero-order chi connectivity index (χ0) is 29.4. The van der Waals surface area contributed by atoms with Crippen molar-refractivity contribution in [2.75, 3.05) is 20.2 Å². The van der Waals surface area contributed by atoms with Crippen LogP contribution < -0.4 is 9.47 Å². The number of fused-ring (bicyclic) bond motifs is 1. The Hall–Kier alpha value is -4.63. The number of amides is 1. The largest absolute Gasteiger partial charge is 0.496 e. The molecule has 1 saturated carbocycles. The number of nitrogens with zero attached hydrogens (tertiary/aromatic N) is 2. The van der Waals surface area contributed by atoms with E-state index in [9.17, 15) is 23.9 Å². The normalized spacial score (nSPS) is 15.6. The molecule has 214 valence electrons. The molecule has 0 bridgehead atoms. The maximum absolute atomic E-state index is 13.2. The standard InChI is InChI=1S/C33H29FN2O6/c1-41-29-17-27-25(16-26(29)32(40)36-18-23(37)19-36)28(10-13-35-27)42-24-8-4-21(5-9-24)15-31(39)33(11-12-33)30(38)14-20-2-6-22(34)7-3-20/h2-10,13,16-17,23,37H,11-12,14-15,18-19H2,1H3. The van der Waals surface area contributed by atoms with Crippen LogP contribution in [0.15, 0.2) is 72.9 Å². The van der Waals surface area contributed by atoms with E-state index in [1.165, 1.54) is 19.2 Å². The van der Waals surface area contributed by atoms with E-state index in [4.69, 9.17) is 9.47 Å². The molecule has 2 heterocycles. The Morgan fingerprint density at radius 1 is 0.929 bits per heavy atom. The van der Waals surface area contributed by atoms with Crippen molar-refractivity contribution in [3.63, 3.8) is 0 Å². The van der Waals surface area contributed by atoms with Crippen molar-refractivity contribution in [1.29, 1.82) is 0 Å². The molecule has 1 N–H and O–H groups in total. The van der Waals surface area contributed by atoms with Crippen LogP contribution in [0, 0.1) is 11.2 Å². The smallest absolute Gasteiger partial charge is 0.257 e. The van der Waals surface area contributed by atoms with Gasteiger partial charge in [0.1, 0.15) is 23.1 Å². The summed E-state index contributed by atoms with van der Waals surface area (Å²) in [5.41, 5.74) is 1.45. The molecule has 1 saturated heterocycles. The minimum atomic E-state index is -0.955. The topological polar surface area (TPSA) is 106 Å². The molecule has 2 fully saturated rings. The number of hydrogen-bond donors (Lipinski definition) is 1. The lowest BCUT2D eigenvalue weighted by Gasteiger charge is -2.36. The van der Waals surface area contributed by atoms with Crippen LogP contribution >= 0.6 is 0 Å². The first kappa shape index (κ1) is 27.5.